The Morgan fingerprint density at radius 2 is 1.82 bits per heavy atom. The van der Waals surface area contributed by atoms with Crippen LogP contribution in [0.5, 0.6) is 0 Å². The van der Waals surface area contributed by atoms with Gasteiger partial charge in [-0.1, -0.05) is 20.3 Å². The number of hydrogen-bond acceptors (Lipinski definition) is 6. The molecule has 2 unspecified atom stereocenters. The van der Waals surface area contributed by atoms with Crippen LogP contribution in [-0.4, -0.2) is 60.4 Å². The molecule has 132 valence electrons. The van der Waals surface area contributed by atoms with Gasteiger partial charge >= 0.3 is 8.56 Å². The molecule has 0 aromatic carbocycles. The van der Waals surface area contributed by atoms with Gasteiger partial charge in [-0.2, -0.15) is 0 Å². The molecule has 1 saturated heterocycles. The maximum Gasteiger partial charge on any atom is 0.388 e. The molecule has 0 radical (unpaired) electrons. The van der Waals surface area contributed by atoms with Crippen LogP contribution in [-0.2, 0) is 13.6 Å². The SMILES string of the molecule is CCCC1(NCC)CCC[Si](OC)(OC)C1(NCCN)OC. The van der Waals surface area contributed by atoms with E-state index in [4.69, 9.17) is 19.3 Å². The molecule has 1 aliphatic heterocycles. The van der Waals surface area contributed by atoms with Gasteiger partial charge in [0.15, 0.2) is 5.35 Å². The van der Waals surface area contributed by atoms with E-state index in [1.807, 2.05) is 0 Å². The summed E-state index contributed by atoms with van der Waals surface area (Å²) in [4.78, 5) is 0. The minimum atomic E-state index is -2.61. The highest BCUT2D eigenvalue weighted by Crippen LogP contribution is 2.46. The first kappa shape index (κ1) is 20.0. The Hall–Kier alpha value is -0.0231. The molecule has 2 atom stereocenters. The summed E-state index contributed by atoms with van der Waals surface area (Å²) < 4.78 is 18.2. The Morgan fingerprint density at radius 1 is 1.14 bits per heavy atom. The first-order valence-electron chi connectivity index (χ1n) is 8.43. The molecule has 0 amide bonds. The lowest BCUT2D eigenvalue weighted by Gasteiger charge is -2.59. The fraction of sp³-hybridized carbons (Fsp3) is 1.00. The van der Waals surface area contributed by atoms with E-state index >= 15 is 0 Å². The summed E-state index contributed by atoms with van der Waals surface area (Å²) in [5.74, 6) is 0. The Morgan fingerprint density at radius 3 is 2.27 bits per heavy atom. The summed E-state index contributed by atoms with van der Waals surface area (Å²) in [5, 5.41) is 6.66. The molecule has 0 saturated carbocycles. The normalized spacial score (nSPS) is 31.4. The van der Waals surface area contributed by atoms with Crippen LogP contribution < -0.4 is 16.4 Å². The first-order chi connectivity index (χ1) is 10.6. The van der Waals surface area contributed by atoms with Crippen molar-refractivity contribution in [2.75, 3.05) is 41.0 Å². The molecule has 0 aromatic heterocycles. The zero-order valence-electron chi connectivity index (χ0n) is 15.0. The quantitative estimate of drug-likeness (QED) is 0.410. The minimum Gasteiger partial charge on any atom is -0.395 e. The van der Waals surface area contributed by atoms with E-state index < -0.39 is 13.9 Å². The van der Waals surface area contributed by atoms with E-state index in [2.05, 4.69) is 24.5 Å². The molecular weight excluding hydrogens is 298 g/mol. The number of nitrogens with two attached hydrogens (primary N) is 1. The molecule has 0 aromatic rings. The lowest BCUT2D eigenvalue weighted by molar-refractivity contribution is -0.0993. The zero-order chi connectivity index (χ0) is 16.7. The monoisotopic (exact) mass is 333 g/mol. The summed E-state index contributed by atoms with van der Waals surface area (Å²) in [7, 11) is 2.65. The van der Waals surface area contributed by atoms with Crippen LogP contribution in [0.15, 0.2) is 0 Å². The third-order valence-corrected chi connectivity index (χ3v) is 9.26. The average Bonchev–Trinajstić information content (AvgIpc) is 2.54. The summed E-state index contributed by atoms with van der Waals surface area (Å²) in [6.45, 7) is 6.45. The van der Waals surface area contributed by atoms with Gasteiger partial charge in [0.1, 0.15) is 0 Å². The second-order valence-electron chi connectivity index (χ2n) is 5.98. The molecule has 22 heavy (non-hydrogen) atoms. The highest BCUT2D eigenvalue weighted by Gasteiger charge is 2.69. The van der Waals surface area contributed by atoms with Gasteiger partial charge in [-0.15, -0.1) is 0 Å². The van der Waals surface area contributed by atoms with Crippen molar-refractivity contribution < 1.29 is 13.6 Å². The summed E-state index contributed by atoms with van der Waals surface area (Å²) in [6.07, 6.45) is 4.20. The minimum absolute atomic E-state index is 0.198. The Bertz CT molecular complexity index is 318. The number of rotatable bonds is 10. The number of methoxy groups -OCH3 is 1. The van der Waals surface area contributed by atoms with Gasteiger partial charge in [0.05, 0.1) is 5.54 Å². The van der Waals surface area contributed by atoms with Crippen molar-refractivity contribution in [3.63, 3.8) is 0 Å². The van der Waals surface area contributed by atoms with E-state index in [1.54, 1.807) is 21.3 Å². The fourth-order valence-electron chi connectivity index (χ4n) is 4.26. The predicted molar refractivity (Wildman–Crippen MR) is 91.9 cm³/mol. The van der Waals surface area contributed by atoms with Crippen LogP contribution in [0, 0.1) is 0 Å². The van der Waals surface area contributed by atoms with Gasteiger partial charge in [0.2, 0.25) is 0 Å². The largest absolute Gasteiger partial charge is 0.395 e. The van der Waals surface area contributed by atoms with E-state index in [1.165, 1.54) is 0 Å². The van der Waals surface area contributed by atoms with Crippen molar-refractivity contribution in [3.05, 3.63) is 0 Å². The van der Waals surface area contributed by atoms with Gasteiger partial charge in [0, 0.05) is 34.4 Å². The van der Waals surface area contributed by atoms with Crippen molar-refractivity contribution in [2.45, 2.75) is 56.5 Å². The average molecular weight is 334 g/mol. The van der Waals surface area contributed by atoms with Gasteiger partial charge in [-0.05, 0) is 31.9 Å². The molecule has 0 spiro atoms. The third kappa shape index (κ3) is 3.13. The molecule has 6 nitrogen and oxygen atoms in total. The van der Waals surface area contributed by atoms with Gasteiger partial charge < -0.3 is 24.6 Å². The van der Waals surface area contributed by atoms with Gasteiger partial charge in [-0.3, -0.25) is 5.32 Å². The van der Waals surface area contributed by atoms with Crippen LogP contribution in [0.4, 0.5) is 0 Å². The van der Waals surface area contributed by atoms with Crippen molar-refractivity contribution in [3.8, 4) is 0 Å². The molecule has 0 bridgehead atoms. The highest BCUT2D eigenvalue weighted by molar-refractivity contribution is 6.71. The Kier molecular flexibility index (Phi) is 7.94. The number of hydrogen-bond donors (Lipinski definition) is 3. The lowest BCUT2D eigenvalue weighted by Crippen LogP contribution is -2.85. The van der Waals surface area contributed by atoms with Crippen LogP contribution in [0.1, 0.15) is 39.5 Å². The van der Waals surface area contributed by atoms with E-state index in [0.717, 1.165) is 38.3 Å². The number of nitrogens with one attached hydrogen (secondary N) is 2. The highest BCUT2D eigenvalue weighted by atomic mass is 28.4. The molecule has 0 aliphatic carbocycles. The van der Waals surface area contributed by atoms with E-state index in [9.17, 15) is 0 Å². The molecule has 7 heteroatoms. The van der Waals surface area contributed by atoms with Gasteiger partial charge in [-0.25, -0.2) is 0 Å². The summed E-state index contributed by atoms with van der Waals surface area (Å²) >= 11 is 0. The predicted octanol–water partition coefficient (Wildman–Crippen LogP) is 1.09. The maximum absolute atomic E-state index is 6.18. The number of ether oxygens (including phenoxy) is 1. The van der Waals surface area contributed by atoms with E-state index in [0.29, 0.717) is 13.1 Å². The summed E-state index contributed by atoms with van der Waals surface area (Å²) in [5.41, 5.74) is 5.57. The van der Waals surface area contributed by atoms with Gasteiger partial charge in [0.25, 0.3) is 0 Å². The van der Waals surface area contributed by atoms with Crippen LogP contribution in [0.3, 0.4) is 0 Å². The molecular formula is C15H35N3O3Si. The number of likely N-dealkylation sites (N-methyl/N-ethyl adjacent to an activating group) is 1. The third-order valence-electron chi connectivity index (χ3n) is 5.00. The van der Waals surface area contributed by atoms with Crippen LogP contribution in [0.2, 0.25) is 6.04 Å². The smallest absolute Gasteiger partial charge is 0.388 e. The maximum atomic E-state index is 6.18. The van der Waals surface area contributed by atoms with Crippen molar-refractivity contribution in [2.24, 2.45) is 5.73 Å². The molecule has 1 rings (SSSR count). The molecule has 1 aliphatic rings. The molecule has 1 heterocycles. The Labute approximate surface area is 136 Å². The van der Waals surface area contributed by atoms with Crippen LogP contribution in [0.25, 0.3) is 0 Å². The summed E-state index contributed by atoms with van der Waals surface area (Å²) in [6, 6.07) is 0.919. The standard InChI is InChI=1S/C15H35N3O3Si/c1-6-9-14(17-7-2)10-8-13-22(20-4,21-5)15(14,19-3)18-12-11-16/h17-18H,6-13,16H2,1-5H3. The van der Waals surface area contributed by atoms with Crippen molar-refractivity contribution in [1.29, 1.82) is 0 Å². The van der Waals surface area contributed by atoms with Crippen molar-refractivity contribution >= 4 is 8.56 Å². The topological polar surface area (TPSA) is 77.8 Å². The molecule has 4 N–H and O–H groups in total. The van der Waals surface area contributed by atoms with E-state index in [-0.39, 0.29) is 5.54 Å². The second kappa shape index (κ2) is 8.72. The molecule has 1 fully saturated rings. The Balaban J connectivity index is 3.41. The van der Waals surface area contributed by atoms with Crippen LogP contribution >= 0.6 is 0 Å². The fourth-order valence-corrected chi connectivity index (χ4v) is 8.17. The van der Waals surface area contributed by atoms with Crippen molar-refractivity contribution in [1.82, 2.24) is 10.6 Å². The lowest BCUT2D eigenvalue weighted by atomic mass is 9.85. The first-order valence-corrected chi connectivity index (χ1v) is 10.5. The second-order valence-corrected chi connectivity index (χ2v) is 9.50. The zero-order valence-corrected chi connectivity index (χ0v) is 16.0.